The number of nitrogens with one attached hydrogen (secondary N) is 2. The number of hydrogen-bond acceptors (Lipinski definition) is 6. The molecule has 2 aromatic rings. The molecule has 1 aromatic carbocycles. The largest absolute Gasteiger partial charge is 0.349 e. The molecule has 1 amide bonds. The predicted octanol–water partition coefficient (Wildman–Crippen LogP) is 1.96. The molecule has 3 heterocycles. The lowest BCUT2D eigenvalue weighted by Gasteiger charge is -2.39. The van der Waals surface area contributed by atoms with E-state index in [2.05, 4.69) is 42.6 Å². The quantitative estimate of drug-likeness (QED) is 0.853. The van der Waals surface area contributed by atoms with Crippen LogP contribution in [0.5, 0.6) is 0 Å². The van der Waals surface area contributed by atoms with E-state index in [-0.39, 0.29) is 11.9 Å². The molecule has 2 aliphatic heterocycles. The summed E-state index contributed by atoms with van der Waals surface area (Å²) in [5.74, 6) is 2.96. The van der Waals surface area contributed by atoms with Crippen molar-refractivity contribution < 1.29 is 4.79 Å². The molecule has 0 unspecified atom stereocenters. The molecule has 0 saturated carbocycles. The molecule has 8 heteroatoms. The maximum absolute atomic E-state index is 12.8. The summed E-state index contributed by atoms with van der Waals surface area (Å²) in [6.07, 6.45) is 4.64. The summed E-state index contributed by atoms with van der Waals surface area (Å²) < 4.78 is 0. The highest BCUT2D eigenvalue weighted by molar-refractivity contribution is 7.99. The Bertz CT molecular complexity index is 723. The number of nitrogens with zero attached hydrogens (tertiary/aromatic N) is 4. The first kappa shape index (κ1) is 17.5. The SMILES string of the molecule is O=C(NC1CCN(C2CCSCC2)CC1)c1ccccc1-c1nn[nH]n1. The first-order chi connectivity index (χ1) is 12.8. The van der Waals surface area contributed by atoms with Crippen LogP contribution in [0, 0.1) is 0 Å². The number of aromatic nitrogens is 4. The van der Waals surface area contributed by atoms with Gasteiger partial charge < -0.3 is 10.2 Å². The van der Waals surface area contributed by atoms with Gasteiger partial charge in [-0.25, -0.2) is 0 Å². The normalized spacial score (nSPS) is 20.2. The van der Waals surface area contributed by atoms with Crippen molar-refractivity contribution >= 4 is 17.7 Å². The minimum absolute atomic E-state index is 0.0575. The number of benzene rings is 1. The third-order valence-electron chi connectivity index (χ3n) is 5.33. The van der Waals surface area contributed by atoms with Crippen molar-refractivity contribution in [3.05, 3.63) is 29.8 Å². The molecule has 0 bridgehead atoms. The minimum Gasteiger partial charge on any atom is -0.349 e. The van der Waals surface area contributed by atoms with Gasteiger partial charge in [-0.05, 0) is 48.5 Å². The fourth-order valence-corrected chi connectivity index (χ4v) is 4.96. The number of piperidine rings is 1. The molecule has 1 aromatic heterocycles. The standard InChI is InChI=1S/C18H24N6OS/c25-18(16-4-2-1-3-15(16)17-20-22-23-21-17)19-13-5-9-24(10-6-13)14-7-11-26-12-8-14/h1-4,13-14H,5-12H2,(H,19,25)(H,20,21,22,23). The van der Waals surface area contributed by atoms with Gasteiger partial charge >= 0.3 is 0 Å². The van der Waals surface area contributed by atoms with E-state index in [0.717, 1.165) is 32.0 Å². The van der Waals surface area contributed by atoms with Gasteiger partial charge in [0.15, 0.2) is 0 Å². The highest BCUT2D eigenvalue weighted by Gasteiger charge is 2.27. The van der Waals surface area contributed by atoms with Crippen LogP contribution >= 0.6 is 11.8 Å². The number of amides is 1. The van der Waals surface area contributed by atoms with E-state index in [0.29, 0.717) is 17.0 Å². The second-order valence-corrected chi connectivity index (χ2v) is 8.13. The molecule has 0 atom stereocenters. The van der Waals surface area contributed by atoms with E-state index >= 15 is 0 Å². The van der Waals surface area contributed by atoms with Crippen molar-refractivity contribution in [1.29, 1.82) is 0 Å². The zero-order chi connectivity index (χ0) is 17.8. The maximum atomic E-state index is 12.8. The van der Waals surface area contributed by atoms with E-state index in [4.69, 9.17) is 0 Å². The van der Waals surface area contributed by atoms with Gasteiger partial charge in [-0.2, -0.15) is 17.0 Å². The van der Waals surface area contributed by atoms with Gasteiger partial charge in [0.2, 0.25) is 5.82 Å². The molecule has 4 rings (SSSR count). The number of aromatic amines is 1. The second-order valence-electron chi connectivity index (χ2n) is 6.91. The Morgan fingerprint density at radius 3 is 2.65 bits per heavy atom. The molecule has 2 saturated heterocycles. The van der Waals surface area contributed by atoms with Crippen LogP contribution in [0.2, 0.25) is 0 Å². The molecule has 2 aliphatic rings. The highest BCUT2D eigenvalue weighted by atomic mass is 32.2. The topological polar surface area (TPSA) is 86.8 Å². The van der Waals surface area contributed by atoms with E-state index in [9.17, 15) is 4.79 Å². The first-order valence-electron chi connectivity index (χ1n) is 9.27. The third kappa shape index (κ3) is 3.91. The van der Waals surface area contributed by atoms with E-state index in [1.165, 1.54) is 24.3 Å². The Labute approximate surface area is 157 Å². The van der Waals surface area contributed by atoms with Crippen molar-refractivity contribution in [2.75, 3.05) is 24.6 Å². The first-order valence-corrected chi connectivity index (χ1v) is 10.4. The van der Waals surface area contributed by atoms with Crippen molar-refractivity contribution in [1.82, 2.24) is 30.8 Å². The van der Waals surface area contributed by atoms with Crippen LogP contribution in [-0.2, 0) is 0 Å². The summed E-state index contributed by atoms with van der Waals surface area (Å²) in [7, 11) is 0. The number of likely N-dealkylation sites (tertiary alicyclic amines) is 1. The van der Waals surface area contributed by atoms with Crippen LogP contribution in [0.15, 0.2) is 24.3 Å². The third-order valence-corrected chi connectivity index (χ3v) is 6.38. The van der Waals surface area contributed by atoms with Crippen molar-refractivity contribution in [2.45, 2.75) is 37.8 Å². The van der Waals surface area contributed by atoms with Crippen molar-refractivity contribution in [3.63, 3.8) is 0 Å². The molecule has 2 fully saturated rings. The number of rotatable bonds is 4. The Morgan fingerprint density at radius 1 is 1.15 bits per heavy atom. The van der Waals surface area contributed by atoms with Gasteiger partial charge in [0.05, 0.1) is 5.56 Å². The average Bonchev–Trinajstić information content (AvgIpc) is 3.24. The highest BCUT2D eigenvalue weighted by Crippen LogP contribution is 2.25. The number of carbonyl (C=O) groups excluding carboxylic acids is 1. The number of H-pyrrole nitrogens is 1. The molecule has 7 nitrogen and oxygen atoms in total. The molecule has 0 spiro atoms. The van der Waals surface area contributed by atoms with Crippen LogP contribution in [0.3, 0.4) is 0 Å². The monoisotopic (exact) mass is 372 g/mol. The van der Waals surface area contributed by atoms with Gasteiger partial charge in [0, 0.05) is 30.7 Å². The fraction of sp³-hybridized carbons (Fsp3) is 0.556. The smallest absolute Gasteiger partial charge is 0.252 e. The van der Waals surface area contributed by atoms with Gasteiger partial charge in [-0.15, -0.1) is 10.2 Å². The predicted molar refractivity (Wildman–Crippen MR) is 102 cm³/mol. The van der Waals surface area contributed by atoms with E-state index in [1.807, 2.05) is 24.3 Å². The summed E-state index contributed by atoms with van der Waals surface area (Å²) in [6, 6.07) is 8.38. The molecular formula is C18H24N6OS. The van der Waals surface area contributed by atoms with Gasteiger partial charge in [0.25, 0.3) is 5.91 Å². The number of tetrazole rings is 1. The van der Waals surface area contributed by atoms with Crippen LogP contribution in [0.25, 0.3) is 11.4 Å². The second kappa shape index (κ2) is 8.18. The molecule has 26 heavy (non-hydrogen) atoms. The summed E-state index contributed by atoms with van der Waals surface area (Å²) in [4.78, 5) is 15.4. The van der Waals surface area contributed by atoms with Crippen LogP contribution in [-0.4, -0.2) is 68.1 Å². The Morgan fingerprint density at radius 2 is 1.92 bits per heavy atom. The molecule has 2 N–H and O–H groups in total. The summed E-state index contributed by atoms with van der Waals surface area (Å²) >= 11 is 2.07. The van der Waals surface area contributed by atoms with Gasteiger partial charge in [-0.1, -0.05) is 18.2 Å². The maximum Gasteiger partial charge on any atom is 0.252 e. The van der Waals surface area contributed by atoms with Crippen LogP contribution in [0.4, 0.5) is 0 Å². The summed E-state index contributed by atoms with van der Waals surface area (Å²) in [6.45, 7) is 2.15. The minimum atomic E-state index is -0.0575. The Balaban J connectivity index is 1.36. The Hall–Kier alpha value is -1.93. The number of carbonyl (C=O) groups is 1. The molecular weight excluding hydrogens is 348 g/mol. The Kier molecular flexibility index (Phi) is 5.50. The average molecular weight is 372 g/mol. The zero-order valence-electron chi connectivity index (χ0n) is 14.7. The van der Waals surface area contributed by atoms with Crippen LogP contribution in [0.1, 0.15) is 36.0 Å². The summed E-state index contributed by atoms with van der Waals surface area (Å²) in [5, 5.41) is 17.2. The molecule has 138 valence electrons. The van der Waals surface area contributed by atoms with E-state index in [1.54, 1.807) is 0 Å². The lowest BCUT2D eigenvalue weighted by Crippen LogP contribution is -2.48. The lowest BCUT2D eigenvalue weighted by atomic mass is 9.99. The van der Waals surface area contributed by atoms with E-state index < -0.39 is 0 Å². The van der Waals surface area contributed by atoms with Gasteiger partial charge in [-0.3, -0.25) is 4.79 Å². The fourth-order valence-electron chi connectivity index (χ4n) is 3.87. The number of thioether (sulfide) groups is 1. The zero-order valence-corrected chi connectivity index (χ0v) is 15.5. The van der Waals surface area contributed by atoms with Crippen LogP contribution < -0.4 is 5.32 Å². The van der Waals surface area contributed by atoms with Gasteiger partial charge in [0.1, 0.15) is 0 Å². The molecule has 0 aliphatic carbocycles. The lowest BCUT2D eigenvalue weighted by molar-refractivity contribution is 0.0887. The van der Waals surface area contributed by atoms with Crippen molar-refractivity contribution in [2.24, 2.45) is 0 Å². The summed E-state index contributed by atoms with van der Waals surface area (Å²) in [5.41, 5.74) is 1.30. The van der Waals surface area contributed by atoms with Crippen molar-refractivity contribution in [3.8, 4) is 11.4 Å². The number of hydrogen-bond donors (Lipinski definition) is 2. The molecule has 0 radical (unpaired) electrons.